The number of fused-ring (bicyclic) bond motifs is 1. The summed E-state index contributed by atoms with van der Waals surface area (Å²) in [5.41, 5.74) is 2.97. The van der Waals surface area contributed by atoms with Crippen molar-refractivity contribution in [2.24, 2.45) is 5.92 Å². The molecule has 196 valence electrons. The zero-order chi connectivity index (χ0) is 26.2. The van der Waals surface area contributed by atoms with Gasteiger partial charge in [-0.2, -0.15) is 18.2 Å². The summed E-state index contributed by atoms with van der Waals surface area (Å²) in [4.78, 5) is 39.6. The molecule has 7 nitrogen and oxygen atoms in total. The van der Waals surface area contributed by atoms with E-state index in [0.717, 1.165) is 16.1 Å². The van der Waals surface area contributed by atoms with E-state index < -0.39 is 18.0 Å². The van der Waals surface area contributed by atoms with Crippen molar-refractivity contribution >= 4 is 17.7 Å². The van der Waals surface area contributed by atoms with E-state index >= 15 is 0 Å². The first-order chi connectivity index (χ1) is 17.7. The maximum Gasteiger partial charge on any atom is 0.391 e. The molecule has 2 saturated heterocycles. The summed E-state index contributed by atoms with van der Waals surface area (Å²) in [5, 5.41) is 2.17. The van der Waals surface area contributed by atoms with Crippen molar-refractivity contribution in [2.75, 3.05) is 13.1 Å². The molecule has 3 amide bonds. The first kappa shape index (κ1) is 25.3. The summed E-state index contributed by atoms with van der Waals surface area (Å²) in [5.74, 6) is -1.82. The minimum Gasteiger partial charge on any atom is -0.489 e. The predicted octanol–water partition coefficient (Wildman–Crippen LogP) is 4.45. The summed E-state index contributed by atoms with van der Waals surface area (Å²) in [7, 11) is 0. The number of nitrogens with zero attached hydrogens (tertiary/aromatic N) is 3. The number of rotatable bonds is 6. The Morgan fingerprint density at radius 1 is 0.892 bits per heavy atom. The third kappa shape index (κ3) is 5.34. The number of carbonyl (C=O) groups is 3. The zero-order valence-electron chi connectivity index (χ0n) is 20.3. The van der Waals surface area contributed by atoms with E-state index in [-0.39, 0.29) is 50.6 Å². The molecule has 0 spiro atoms. The van der Waals surface area contributed by atoms with Crippen molar-refractivity contribution in [1.82, 2.24) is 14.9 Å². The van der Waals surface area contributed by atoms with Gasteiger partial charge in [-0.05, 0) is 55.6 Å². The third-order valence-electron chi connectivity index (χ3n) is 7.27. The fourth-order valence-corrected chi connectivity index (χ4v) is 5.18. The summed E-state index contributed by atoms with van der Waals surface area (Å²) in [6, 6.07) is 12.9. The Morgan fingerprint density at radius 3 is 2.19 bits per heavy atom. The SMILES string of the molecule is O=C1c2cccc(OCc3ccc(CN4CCC(C(F)(F)F)CC4)cc3)c2CN1N1C(=O)CCCC1=O. The molecule has 2 aromatic rings. The fraction of sp³-hybridized carbons (Fsp3) is 0.444. The largest absolute Gasteiger partial charge is 0.489 e. The van der Waals surface area contributed by atoms with Gasteiger partial charge in [0.25, 0.3) is 5.91 Å². The molecule has 0 aliphatic carbocycles. The lowest BCUT2D eigenvalue weighted by molar-refractivity contribution is -0.185. The number of alkyl halides is 3. The molecule has 0 radical (unpaired) electrons. The van der Waals surface area contributed by atoms with Crippen LogP contribution in [0.5, 0.6) is 5.75 Å². The topological polar surface area (TPSA) is 70.2 Å². The van der Waals surface area contributed by atoms with E-state index in [0.29, 0.717) is 42.9 Å². The average molecular weight is 516 g/mol. The van der Waals surface area contributed by atoms with Crippen LogP contribution in [0.25, 0.3) is 0 Å². The number of amides is 3. The second-order valence-corrected chi connectivity index (χ2v) is 9.80. The van der Waals surface area contributed by atoms with Crippen LogP contribution in [0.15, 0.2) is 42.5 Å². The molecule has 0 aromatic heterocycles. The van der Waals surface area contributed by atoms with Crippen LogP contribution in [-0.2, 0) is 29.3 Å². The van der Waals surface area contributed by atoms with E-state index in [4.69, 9.17) is 4.74 Å². The van der Waals surface area contributed by atoms with Gasteiger partial charge in [-0.15, -0.1) is 0 Å². The number of piperidine rings is 2. The molecule has 0 saturated carbocycles. The number of ether oxygens (including phenoxy) is 1. The smallest absolute Gasteiger partial charge is 0.391 e. The monoisotopic (exact) mass is 515 g/mol. The van der Waals surface area contributed by atoms with Gasteiger partial charge in [-0.25, -0.2) is 5.01 Å². The van der Waals surface area contributed by atoms with E-state index in [1.54, 1.807) is 18.2 Å². The van der Waals surface area contributed by atoms with Gasteiger partial charge in [0.05, 0.1) is 18.0 Å². The summed E-state index contributed by atoms with van der Waals surface area (Å²) in [6.45, 7) is 1.80. The average Bonchev–Trinajstić information content (AvgIpc) is 3.20. The Balaban J connectivity index is 1.19. The van der Waals surface area contributed by atoms with Crippen LogP contribution in [0.3, 0.4) is 0 Å². The van der Waals surface area contributed by atoms with Crippen molar-refractivity contribution in [3.05, 3.63) is 64.7 Å². The number of halogens is 3. The highest BCUT2D eigenvalue weighted by molar-refractivity contribution is 6.04. The van der Waals surface area contributed by atoms with Gasteiger partial charge in [0, 0.05) is 24.9 Å². The molecule has 0 bridgehead atoms. The maximum atomic E-state index is 12.9. The highest BCUT2D eigenvalue weighted by Gasteiger charge is 2.41. The minimum absolute atomic E-state index is 0.0891. The maximum absolute atomic E-state index is 12.9. The summed E-state index contributed by atoms with van der Waals surface area (Å²) in [6.07, 6.45) is -2.88. The highest BCUT2D eigenvalue weighted by Crippen LogP contribution is 2.35. The van der Waals surface area contributed by atoms with Crippen molar-refractivity contribution in [3.8, 4) is 5.75 Å². The van der Waals surface area contributed by atoms with Gasteiger partial charge in [0.15, 0.2) is 0 Å². The van der Waals surface area contributed by atoms with Crippen LogP contribution in [-0.4, -0.2) is 51.9 Å². The lowest BCUT2D eigenvalue weighted by Crippen LogP contribution is -2.52. The van der Waals surface area contributed by atoms with Crippen molar-refractivity contribution in [2.45, 2.75) is 58.0 Å². The number of benzene rings is 2. The Hall–Kier alpha value is -3.40. The summed E-state index contributed by atoms with van der Waals surface area (Å²) >= 11 is 0. The van der Waals surface area contributed by atoms with Crippen LogP contribution in [0.2, 0.25) is 0 Å². The Kier molecular flexibility index (Phi) is 6.94. The lowest BCUT2D eigenvalue weighted by Gasteiger charge is -2.32. The Morgan fingerprint density at radius 2 is 1.54 bits per heavy atom. The molecular formula is C27H28F3N3O4. The number of hydrazine groups is 1. The number of hydrogen-bond acceptors (Lipinski definition) is 5. The number of carbonyl (C=O) groups excluding carboxylic acids is 3. The zero-order valence-corrected chi connectivity index (χ0v) is 20.3. The Labute approximate surface area is 212 Å². The van der Waals surface area contributed by atoms with Gasteiger partial charge in [0.1, 0.15) is 12.4 Å². The van der Waals surface area contributed by atoms with Crippen LogP contribution < -0.4 is 4.74 Å². The molecule has 3 aliphatic heterocycles. The van der Waals surface area contributed by atoms with Crippen LogP contribution in [0, 0.1) is 5.92 Å². The standard InChI is InChI=1S/C27H28F3N3O4/c28-27(29,30)20-11-13-31(14-12-20)15-18-7-9-19(10-8-18)17-37-23-4-1-3-21-22(23)16-32(26(21)36)33-24(34)5-2-6-25(33)35/h1,3-4,7-10,20H,2,5-6,11-17H2. The fourth-order valence-electron chi connectivity index (χ4n) is 5.18. The van der Waals surface area contributed by atoms with Crippen LogP contribution in [0.1, 0.15) is 59.2 Å². The van der Waals surface area contributed by atoms with Crippen LogP contribution in [0.4, 0.5) is 13.2 Å². The summed E-state index contributed by atoms with van der Waals surface area (Å²) < 4.78 is 44.7. The number of imide groups is 1. The van der Waals surface area contributed by atoms with Crippen molar-refractivity contribution in [1.29, 1.82) is 0 Å². The predicted molar refractivity (Wildman–Crippen MR) is 127 cm³/mol. The molecular weight excluding hydrogens is 487 g/mol. The highest BCUT2D eigenvalue weighted by atomic mass is 19.4. The number of likely N-dealkylation sites (tertiary alicyclic amines) is 1. The molecule has 10 heteroatoms. The van der Waals surface area contributed by atoms with E-state index in [1.807, 2.05) is 29.2 Å². The van der Waals surface area contributed by atoms with E-state index in [1.165, 1.54) is 5.01 Å². The van der Waals surface area contributed by atoms with Gasteiger partial charge in [-0.1, -0.05) is 30.3 Å². The molecule has 3 aliphatic rings. The number of hydrogen-bond donors (Lipinski definition) is 0. The Bertz CT molecular complexity index is 1170. The van der Waals surface area contributed by atoms with Crippen molar-refractivity contribution < 1.29 is 32.3 Å². The second-order valence-electron chi connectivity index (χ2n) is 9.80. The molecule has 3 heterocycles. The van der Waals surface area contributed by atoms with E-state index in [9.17, 15) is 27.6 Å². The quantitative estimate of drug-likeness (QED) is 0.532. The molecule has 37 heavy (non-hydrogen) atoms. The van der Waals surface area contributed by atoms with E-state index in [2.05, 4.69) is 0 Å². The molecule has 0 N–H and O–H groups in total. The second kappa shape index (κ2) is 10.2. The normalized spacial score (nSPS) is 19.5. The van der Waals surface area contributed by atoms with Gasteiger partial charge in [0.2, 0.25) is 11.8 Å². The van der Waals surface area contributed by atoms with Crippen LogP contribution >= 0.6 is 0 Å². The first-order valence-electron chi connectivity index (χ1n) is 12.5. The van der Waals surface area contributed by atoms with Gasteiger partial charge < -0.3 is 4.74 Å². The molecule has 2 aromatic carbocycles. The molecule has 2 fully saturated rings. The van der Waals surface area contributed by atoms with Crippen molar-refractivity contribution in [3.63, 3.8) is 0 Å². The third-order valence-corrected chi connectivity index (χ3v) is 7.27. The van der Waals surface area contributed by atoms with Gasteiger partial charge in [-0.3, -0.25) is 19.3 Å². The molecule has 0 atom stereocenters. The minimum atomic E-state index is -4.11. The molecule has 0 unspecified atom stereocenters. The van der Waals surface area contributed by atoms with Gasteiger partial charge >= 0.3 is 6.18 Å². The lowest BCUT2D eigenvalue weighted by atomic mass is 9.96. The molecule has 5 rings (SSSR count). The first-order valence-corrected chi connectivity index (χ1v) is 12.5.